The Morgan fingerprint density at radius 2 is 1.40 bits per heavy atom. The predicted molar refractivity (Wildman–Crippen MR) is 141 cm³/mol. The first-order valence-corrected chi connectivity index (χ1v) is 13.5. The number of rotatable bonds is 20. The Morgan fingerprint density at radius 3 is 2.03 bits per heavy atom. The highest BCUT2D eigenvalue weighted by atomic mass is 16.5. The lowest BCUT2D eigenvalue weighted by Gasteiger charge is -2.12. The number of hydrogen-bond donors (Lipinski definition) is 1. The van der Waals surface area contributed by atoms with Crippen LogP contribution in [-0.2, 0) is 9.53 Å². The summed E-state index contributed by atoms with van der Waals surface area (Å²) in [6.45, 7) is 6.29. The van der Waals surface area contributed by atoms with E-state index in [1.165, 1.54) is 51.4 Å². The van der Waals surface area contributed by atoms with Crippen LogP contribution >= 0.6 is 0 Å². The second-order valence-electron chi connectivity index (χ2n) is 9.19. The molecule has 1 heterocycles. The summed E-state index contributed by atoms with van der Waals surface area (Å²) in [5, 5.41) is 9.71. The molecular weight excluding hydrogens is 440 g/mol. The van der Waals surface area contributed by atoms with Crippen LogP contribution in [0.5, 0.6) is 5.75 Å². The molecule has 2 rings (SSSR count). The minimum absolute atomic E-state index is 0.520. The van der Waals surface area contributed by atoms with Crippen LogP contribution in [0.4, 0.5) is 0 Å². The minimum Gasteiger partial charge on any atom is -0.491 e. The maximum absolute atomic E-state index is 11.8. The van der Waals surface area contributed by atoms with Crippen molar-refractivity contribution in [2.45, 2.75) is 96.8 Å². The van der Waals surface area contributed by atoms with Gasteiger partial charge in [0.15, 0.2) is 5.82 Å². The number of benzene rings is 1. The number of hydrogen-bond acceptors (Lipinski definition) is 5. The lowest BCUT2D eigenvalue weighted by Crippen LogP contribution is -2.12. The van der Waals surface area contributed by atoms with Gasteiger partial charge in [0, 0.05) is 30.1 Å². The largest absolute Gasteiger partial charge is 0.491 e. The molecule has 1 aromatic heterocycles. The highest BCUT2D eigenvalue weighted by Gasteiger charge is 2.20. The topological polar surface area (TPSA) is 81.5 Å². The van der Waals surface area contributed by atoms with Gasteiger partial charge in [0.25, 0.3) is 0 Å². The fourth-order valence-electron chi connectivity index (χ4n) is 4.06. The molecule has 0 saturated carbocycles. The van der Waals surface area contributed by atoms with Crippen molar-refractivity contribution < 1.29 is 19.4 Å². The molecule has 1 unspecified atom stereocenters. The number of aromatic nitrogens is 2. The number of carboxylic acid groups (broad SMARTS) is 1. The van der Waals surface area contributed by atoms with E-state index in [2.05, 4.69) is 23.8 Å². The quantitative estimate of drug-likeness (QED) is 0.197. The van der Waals surface area contributed by atoms with Crippen LogP contribution in [0.1, 0.15) is 102 Å². The summed E-state index contributed by atoms with van der Waals surface area (Å²) in [4.78, 5) is 20.7. The Morgan fingerprint density at radius 1 is 0.800 bits per heavy atom. The molecule has 6 heteroatoms. The Bertz CT molecular complexity index is 808. The Hall–Kier alpha value is -2.47. The average molecular weight is 485 g/mol. The summed E-state index contributed by atoms with van der Waals surface area (Å²) in [6.07, 6.45) is 17.0. The zero-order valence-electron chi connectivity index (χ0n) is 21.7. The number of carbonyl (C=O) groups is 1. The number of nitrogens with zero attached hydrogens (tertiary/aromatic N) is 2. The highest BCUT2D eigenvalue weighted by Crippen LogP contribution is 2.25. The third-order valence-corrected chi connectivity index (χ3v) is 6.22. The molecule has 0 saturated heterocycles. The third kappa shape index (κ3) is 11.7. The van der Waals surface area contributed by atoms with Crippen LogP contribution in [-0.4, -0.2) is 40.9 Å². The fraction of sp³-hybridized carbons (Fsp3) is 0.621. The van der Waals surface area contributed by atoms with E-state index in [1.54, 1.807) is 12.4 Å². The van der Waals surface area contributed by atoms with E-state index in [1.807, 2.05) is 24.3 Å². The smallest absolute Gasteiger partial charge is 0.311 e. The maximum atomic E-state index is 11.8. The van der Waals surface area contributed by atoms with Gasteiger partial charge in [-0.05, 0) is 37.1 Å². The van der Waals surface area contributed by atoms with Gasteiger partial charge in [0.2, 0.25) is 0 Å². The Kier molecular flexibility index (Phi) is 14.7. The molecule has 2 aromatic rings. The van der Waals surface area contributed by atoms with Crippen molar-refractivity contribution >= 4 is 5.97 Å². The van der Waals surface area contributed by atoms with Gasteiger partial charge in [0.05, 0.1) is 12.5 Å². The van der Waals surface area contributed by atoms with Gasteiger partial charge >= 0.3 is 5.97 Å². The van der Waals surface area contributed by atoms with E-state index in [4.69, 9.17) is 9.47 Å². The lowest BCUT2D eigenvalue weighted by atomic mass is 9.95. The summed E-state index contributed by atoms with van der Waals surface area (Å²) < 4.78 is 11.3. The molecule has 0 fully saturated rings. The Balaban J connectivity index is 1.77. The molecular formula is C29H44N2O4. The van der Waals surface area contributed by atoms with E-state index in [0.717, 1.165) is 37.2 Å². The predicted octanol–water partition coefficient (Wildman–Crippen LogP) is 7.43. The molecule has 0 aliphatic carbocycles. The zero-order valence-corrected chi connectivity index (χ0v) is 21.7. The van der Waals surface area contributed by atoms with E-state index >= 15 is 0 Å². The van der Waals surface area contributed by atoms with Crippen molar-refractivity contribution in [1.82, 2.24) is 9.97 Å². The maximum Gasteiger partial charge on any atom is 0.311 e. The molecule has 0 aliphatic heterocycles. The van der Waals surface area contributed by atoms with Gasteiger partial charge in [-0.2, -0.15) is 0 Å². The van der Waals surface area contributed by atoms with Gasteiger partial charge in [-0.3, -0.25) is 4.79 Å². The van der Waals surface area contributed by atoms with Crippen LogP contribution in [0.15, 0.2) is 36.7 Å². The average Bonchev–Trinajstić information content (AvgIpc) is 2.88. The Labute approximate surface area is 211 Å². The van der Waals surface area contributed by atoms with Crippen LogP contribution in [0, 0.1) is 0 Å². The molecule has 194 valence electrons. The van der Waals surface area contributed by atoms with Crippen LogP contribution in [0.2, 0.25) is 0 Å². The summed E-state index contributed by atoms with van der Waals surface area (Å²) >= 11 is 0. The standard InChI is InChI=1S/C29H44N2O4/c1-3-5-7-8-9-10-11-12-14-27(29(32)33)25-22-30-28(31-23-25)24-15-17-26(18-16-24)35-21-20-34-19-13-6-4-2/h15-18,22-23,27H,3-14,19-21H2,1-2H3,(H,32,33). The van der Waals surface area contributed by atoms with Gasteiger partial charge in [-0.15, -0.1) is 0 Å². The van der Waals surface area contributed by atoms with E-state index in [-0.39, 0.29) is 0 Å². The summed E-state index contributed by atoms with van der Waals surface area (Å²) in [6, 6.07) is 7.63. The van der Waals surface area contributed by atoms with Gasteiger partial charge in [-0.1, -0.05) is 78.1 Å². The van der Waals surface area contributed by atoms with Crippen molar-refractivity contribution in [1.29, 1.82) is 0 Å². The second-order valence-corrected chi connectivity index (χ2v) is 9.19. The number of aliphatic carboxylic acids is 1. The monoisotopic (exact) mass is 484 g/mol. The van der Waals surface area contributed by atoms with E-state index in [9.17, 15) is 9.90 Å². The SMILES string of the molecule is CCCCCCCCCCC(C(=O)O)c1cnc(-c2ccc(OCCOCCCCC)cc2)nc1. The highest BCUT2D eigenvalue weighted by molar-refractivity contribution is 5.75. The molecule has 0 amide bonds. The minimum atomic E-state index is -0.805. The van der Waals surface area contributed by atoms with E-state index in [0.29, 0.717) is 31.0 Å². The molecule has 35 heavy (non-hydrogen) atoms. The van der Waals surface area contributed by atoms with Crippen molar-refractivity contribution in [3.8, 4) is 17.1 Å². The van der Waals surface area contributed by atoms with Crippen molar-refractivity contribution in [2.75, 3.05) is 19.8 Å². The first-order valence-electron chi connectivity index (χ1n) is 13.5. The number of ether oxygens (including phenoxy) is 2. The van der Waals surface area contributed by atoms with Crippen LogP contribution in [0.3, 0.4) is 0 Å². The van der Waals surface area contributed by atoms with Crippen molar-refractivity contribution in [3.05, 3.63) is 42.2 Å². The molecule has 1 N–H and O–H groups in total. The van der Waals surface area contributed by atoms with Gasteiger partial charge < -0.3 is 14.6 Å². The zero-order chi connectivity index (χ0) is 25.1. The van der Waals surface area contributed by atoms with Crippen molar-refractivity contribution in [3.63, 3.8) is 0 Å². The summed E-state index contributed by atoms with van der Waals surface area (Å²) in [7, 11) is 0. The van der Waals surface area contributed by atoms with Crippen molar-refractivity contribution in [2.24, 2.45) is 0 Å². The van der Waals surface area contributed by atoms with Gasteiger partial charge in [-0.25, -0.2) is 9.97 Å². The normalized spacial score (nSPS) is 11.9. The van der Waals surface area contributed by atoms with Gasteiger partial charge in [0.1, 0.15) is 12.4 Å². The molecule has 6 nitrogen and oxygen atoms in total. The molecule has 0 aliphatic rings. The van der Waals surface area contributed by atoms with Crippen LogP contribution < -0.4 is 4.74 Å². The molecule has 1 aromatic carbocycles. The van der Waals surface area contributed by atoms with Crippen LogP contribution in [0.25, 0.3) is 11.4 Å². The lowest BCUT2D eigenvalue weighted by molar-refractivity contribution is -0.139. The molecule has 0 spiro atoms. The fourth-order valence-corrected chi connectivity index (χ4v) is 4.06. The third-order valence-electron chi connectivity index (χ3n) is 6.22. The first-order chi connectivity index (χ1) is 17.2. The summed E-state index contributed by atoms with van der Waals surface area (Å²) in [5.41, 5.74) is 1.54. The molecule has 0 bridgehead atoms. The molecule has 0 radical (unpaired) electrons. The first kappa shape index (κ1) is 28.8. The molecule has 1 atom stereocenters. The second kappa shape index (κ2) is 17.9. The number of carboxylic acids is 1. The van der Waals surface area contributed by atoms with E-state index < -0.39 is 11.9 Å². The number of unbranched alkanes of at least 4 members (excludes halogenated alkanes) is 9. The summed E-state index contributed by atoms with van der Waals surface area (Å²) in [5.74, 6) is -0.00106.